The van der Waals surface area contributed by atoms with Crippen LogP contribution in [0.25, 0.3) is 5.65 Å². The highest BCUT2D eigenvalue weighted by Crippen LogP contribution is 2.52. The van der Waals surface area contributed by atoms with E-state index in [0.29, 0.717) is 17.2 Å². The zero-order valence-electron chi connectivity index (χ0n) is 17.4. The summed E-state index contributed by atoms with van der Waals surface area (Å²) in [5.74, 6) is 0. The van der Waals surface area contributed by atoms with Crippen molar-refractivity contribution in [1.29, 1.82) is 0 Å². The van der Waals surface area contributed by atoms with Crippen molar-refractivity contribution in [3.63, 3.8) is 0 Å². The van der Waals surface area contributed by atoms with Gasteiger partial charge in [-0.2, -0.15) is 4.52 Å². The molecule has 0 unspecified atom stereocenters. The molecular weight excluding hydrogens is 443 g/mol. The average Bonchev–Trinajstić information content (AvgIpc) is 3.30. The number of aromatic nitrogens is 3. The van der Waals surface area contributed by atoms with Gasteiger partial charge in [0.1, 0.15) is 5.02 Å². The second-order valence-corrected chi connectivity index (χ2v) is 9.66. The van der Waals surface area contributed by atoms with Gasteiger partial charge in [0, 0.05) is 36.1 Å². The van der Waals surface area contributed by atoms with E-state index in [1.807, 2.05) is 18.2 Å². The van der Waals surface area contributed by atoms with Crippen LogP contribution >= 0.6 is 23.2 Å². The molecule has 0 radical (unpaired) electrons. The van der Waals surface area contributed by atoms with E-state index in [0.717, 1.165) is 54.3 Å². The maximum atomic E-state index is 13.0. The maximum absolute atomic E-state index is 13.0. The Hall–Kier alpha value is -2.60. The van der Waals surface area contributed by atoms with Gasteiger partial charge in [-0.15, -0.1) is 0 Å². The third-order valence-electron chi connectivity index (χ3n) is 6.98. The first-order chi connectivity index (χ1) is 15.5. The number of fused-ring (bicyclic) bond motifs is 2. The Morgan fingerprint density at radius 2 is 1.69 bits per heavy atom. The van der Waals surface area contributed by atoms with Gasteiger partial charge in [-0.05, 0) is 35.6 Å². The molecule has 1 N–H and O–H groups in total. The molecule has 7 heteroatoms. The molecule has 1 aliphatic heterocycles. The molecule has 162 valence electrons. The van der Waals surface area contributed by atoms with E-state index in [9.17, 15) is 4.79 Å². The molecule has 6 rings (SSSR count). The van der Waals surface area contributed by atoms with Crippen molar-refractivity contribution in [1.82, 2.24) is 19.5 Å². The lowest BCUT2D eigenvalue weighted by atomic mass is 9.62. The number of halogens is 2. The van der Waals surface area contributed by atoms with E-state index in [1.54, 1.807) is 6.07 Å². The van der Waals surface area contributed by atoms with Crippen LogP contribution in [0.5, 0.6) is 0 Å². The fourth-order valence-electron chi connectivity index (χ4n) is 5.23. The smallest absolute Gasteiger partial charge is 0.272 e. The van der Waals surface area contributed by atoms with E-state index in [2.05, 4.69) is 40.3 Å². The highest BCUT2D eigenvalue weighted by molar-refractivity contribution is 6.34. The number of hydrogen-bond acceptors (Lipinski definition) is 3. The molecule has 1 fully saturated rings. The minimum absolute atomic E-state index is 0.150. The molecule has 0 saturated heterocycles. The van der Waals surface area contributed by atoms with Gasteiger partial charge in [0.15, 0.2) is 5.65 Å². The second kappa shape index (κ2) is 7.48. The third-order valence-corrected chi connectivity index (χ3v) is 7.67. The number of benzene rings is 2. The van der Waals surface area contributed by atoms with E-state index < -0.39 is 0 Å². The van der Waals surface area contributed by atoms with Crippen LogP contribution in [-0.4, -0.2) is 19.5 Å². The third kappa shape index (κ3) is 3.03. The normalized spacial score (nSPS) is 17.4. The van der Waals surface area contributed by atoms with Crippen LogP contribution in [0.3, 0.4) is 0 Å². The largest absolute Gasteiger partial charge is 0.291 e. The van der Waals surface area contributed by atoms with E-state index in [-0.39, 0.29) is 11.0 Å². The number of nitrogens with zero attached hydrogens (tertiary/aromatic N) is 3. The summed E-state index contributed by atoms with van der Waals surface area (Å²) in [6.07, 6.45) is 2.94. The Morgan fingerprint density at radius 3 is 2.34 bits per heavy atom. The van der Waals surface area contributed by atoms with Crippen LogP contribution in [0.2, 0.25) is 10.0 Å². The monoisotopic (exact) mass is 464 g/mol. The van der Waals surface area contributed by atoms with Gasteiger partial charge in [0.2, 0.25) is 0 Å². The standard InChI is InChI=1S/C25H22Cl2N4O/c26-20-9-4-3-8-19(20)25(10-5-11-25)23-22(27)24-28-18(12-21(32)31(24)29-23)15-30-13-16-6-1-2-7-17(16)14-30/h1-4,6-9,12,29H,5,10-11,13-15H2. The van der Waals surface area contributed by atoms with E-state index >= 15 is 0 Å². The summed E-state index contributed by atoms with van der Waals surface area (Å²) in [4.78, 5) is 20.1. The molecule has 2 aromatic carbocycles. The minimum atomic E-state index is -0.313. The Balaban J connectivity index is 1.39. The molecule has 1 saturated carbocycles. The van der Waals surface area contributed by atoms with Gasteiger partial charge in [0.25, 0.3) is 5.56 Å². The van der Waals surface area contributed by atoms with Crippen LogP contribution in [-0.2, 0) is 25.0 Å². The average molecular weight is 465 g/mol. The first-order valence-electron chi connectivity index (χ1n) is 10.9. The zero-order valence-corrected chi connectivity index (χ0v) is 19.0. The predicted octanol–water partition coefficient (Wildman–Crippen LogP) is 5.32. The highest BCUT2D eigenvalue weighted by atomic mass is 35.5. The van der Waals surface area contributed by atoms with Gasteiger partial charge in [0.05, 0.1) is 11.4 Å². The van der Waals surface area contributed by atoms with Crippen LogP contribution in [0.15, 0.2) is 59.4 Å². The summed E-state index contributed by atoms with van der Waals surface area (Å²) < 4.78 is 1.47. The maximum Gasteiger partial charge on any atom is 0.272 e. The van der Waals surface area contributed by atoms with E-state index in [4.69, 9.17) is 28.2 Å². The fourth-order valence-corrected chi connectivity index (χ4v) is 5.90. The topological polar surface area (TPSA) is 53.4 Å². The van der Waals surface area contributed by atoms with Crippen LogP contribution < -0.4 is 5.56 Å². The first-order valence-corrected chi connectivity index (χ1v) is 11.7. The lowest BCUT2D eigenvalue weighted by Gasteiger charge is -2.42. The quantitative estimate of drug-likeness (QED) is 0.444. The first kappa shape index (κ1) is 20.0. The van der Waals surface area contributed by atoms with Crippen molar-refractivity contribution < 1.29 is 0 Å². The van der Waals surface area contributed by atoms with Gasteiger partial charge in [-0.1, -0.05) is 72.1 Å². The Bertz CT molecular complexity index is 1380. The molecule has 2 aliphatic rings. The van der Waals surface area contributed by atoms with Crippen molar-refractivity contribution in [2.75, 3.05) is 0 Å². The molecule has 3 heterocycles. The van der Waals surface area contributed by atoms with E-state index in [1.165, 1.54) is 15.6 Å². The number of H-pyrrole nitrogens is 1. The summed E-state index contributed by atoms with van der Waals surface area (Å²) in [7, 11) is 0. The lowest BCUT2D eigenvalue weighted by molar-refractivity contribution is 0.272. The number of nitrogens with one attached hydrogen (secondary N) is 1. The van der Waals surface area contributed by atoms with Crippen molar-refractivity contribution in [3.8, 4) is 0 Å². The SMILES string of the molecule is O=c1cc(CN2Cc3ccccc3C2)nc2c(Cl)c(C3(c4ccccc4Cl)CCC3)[nH]n12. The van der Waals surface area contributed by atoms with Crippen molar-refractivity contribution in [2.24, 2.45) is 0 Å². The Morgan fingerprint density at radius 1 is 1.00 bits per heavy atom. The Labute approximate surface area is 195 Å². The molecule has 4 aromatic rings. The molecular formula is C25H22Cl2N4O. The van der Waals surface area contributed by atoms with Crippen molar-refractivity contribution >= 4 is 28.8 Å². The summed E-state index contributed by atoms with van der Waals surface area (Å²) in [6.45, 7) is 2.32. The Kier molecular flexibility index (Phi) is 4.68. The second-order valence-electron chi connectivity index (χ2n) is 8.87. The fraction of sp³-hybridized carbons (Fsp3) is 0.280. The summed E-state index contributed by atoms with van der Waals surface area (Å²) in [5, 5.41) is 4.50. The van der Waals surface area contributed by atoms with Crippen LogP contribution in [0, 0.1) is 0 Å². The summed E-state index contributed by atoms with van der Waals surface area (Å²) in [5.41, 5.74) is 5.29. The summed E-state index contributed by atoms with van der Waals surface area (Å²) in [6, 6.07) is 17.9. The number of rotatable bonds is 4. The number of aromatic amines is 1. The highest BCUT2D eigenvalue weighted by Gasteiger charge is 2.45. The molecule has 0 amide bonds. The number of hydrogen-bond donors (Lipinski definition) is 1. The van der Waals surface area contributed by atoms with Crippen molar-refractivity contribution in [2.45, 2.75) is 44.3 Å². The van der Waals surface area contributed by atoms with Gasteiger partial charge < -0.3 is 0 Å². The summed E-state index contributed by atoms with van der Waals surface area (Å²) >= 11 is 13.4. The molecule has 0 spiro atoms. The molecule has 0 bridgehead atoms. The molecule has 32 heavy (non-hydrogen) atoms. The van der Waals surface area contributed by atoms with Gasteiger partial charge in [-0.3, -0.25) is 14.8 Å². The zero-order chi connectivity index (χ0) is 21.9. The lowest BCUT2D eigenvalue weighted by Crippen LogP contribution is -2.36. The van der Waals surface area contributed by atoms with Crippen molar-refractivity contribution in [3.05, 3.63) is 103 Å². The van der Waals surface area contributed by atoms with Gasteiger partial charge in [-0.25, -0.2) is 4.98 Å². The molecule has 5 nitrogen and oxygen atoms in total. The minimum Gasteiger partial charge on any atom is -0.291 e. The van der Waals surface area contributed by atoms with Crippen LogP contribution in [0.4, 0.5) is 0 Å². The molecule has 0 atom stereocenters. The predicted molar refractivity (Wildman–Crippen MR) is 126 cm³/mol. The van der Waals surface area contributed by atoms with Gasteiger partial charge >= 0.3 is 0 Å². The molecule has 2 aromatic heterocycles. The molecule has 1 aliphatic carbocycles. The van der Waals surface area contributed by atoms with Crippen LogP contribution in [0.1, 0.15) is 47.3 Å².